The first-order chi connectivity index (χ1) is 7.20. The highest BCUT2D eigenvalue weighted by atomic mass is 32.2. The Morgan fingerprint density at radius 1 is 1.33 bits per heavy atom. The molecule has 0 saturated carbocycles. The summed E-state index contributed by atoms with van der Waals surface area (Å²) in [5, 5.41) is 9.55. The fraction of sp³-hybridized carbons (Fsp3) is 1.00. The summed E-state index contributed by atoms with van der Waals surface area (Å²) >= 11 is 1.70. The number of aliphatic hydroxyl groups excluding tert-OH is 1. The van der Waals surface area contributed by atoms with Gasteiger partial charge < -0.3 is 15.6 Å². The molecule has 0 aliphatic carbocycles. The van der Waals surface area contributed by atoms with Gasteiger partial charge in [-0.3, -0.25) is 0 Å². The molecule has 3 nitrogen and oxygen atoms in total. The van der Waals surface area contributed by atoms with Gasteiger partial charge in [-0.25, -0.2) is 0 Å². The molecule has 0 aliphatic heterocycles. The number of thioether (sulfide) groups is 1. The number of hydrogen-bond donors (Lipinski definition) is 2. The van der Waals surface area contributed by atoms with Gasteiger partial charge in [0.25, 0.3) is 0 Å². The van der Waals surface area contributed by atoms with Gasteiger partial charge in [-0.2, -0.15) is 11.8 Å². The summed E-state index contributed by atoms with van der Waals surface area (Å²) in [5.74, 6) is 1.64. The van der Waals surface area contributed by atoms with Gasteiger partial charge in [0.2, 0.25) is 0 Å². The zero-order valence-electron chi connectivity index (χ0n) is 9.95. The Balaban J connectivity index is 3.21. The molecule has 0 radical (unpaired) electrons. The second-order valence-electron chi connectivity index (χ2n) is 3.79. The molecule has 0 bridgehead atoms. The summed E-state index contributed by atoms with van der Waals surface area (Å²) in [6, 6.07) is 0.253. The molecule has 0 rings (SSSR count). The lowest BCUT2D eigenvalue weighted by Gasteiger charge is -2.12. The number of nitrogens with two attached hydrogens (primary N) is 1. The van der Waals surface area contributed by atoms with Crippen molar-refractivity contribution in [1.29, 1.82) is 0 Å². The number of rotatable bonds is 10. The first-order valence-electron chi connectivity index (χ1n) is 5.79. The zero-order chi connectivity index (χ0) is 11.5. The molecule has 3 N–H and O–H groups in total. The van der Waals surface area contributed by atoms with Crippen LogP contribution in [0.2, 0.25) is 0 Å². The van der Waals surface area contributed by atoms with Gasteiger partial charge in [-0.05, 0) is 12.8 Å². The van der Waals surface area contributed by atoms with Crippen LogP contribution in [0.3, 0.4) is 0 Å². The van der Waals surface area contributed by atoms with Crippen LogP contribution in [-0.4, -0.2) is 42.0 Å². The lowest BCUT2D eigenvalue weighted by atomic mass is 10.3. The number of aliphatic hydroxyl groups is 1. The number of hydrogen-bond acceptors (Lipinski definition) is 4. The molecule has 0 heterocycles. The summed E-state index contributed by atoms with van der Waals surface area (Å²) in [7, 11) is 0. The van der Waals surface area contributed by atoms with Crippen LogP contribution in [0, 0.1) is 0 Å². The highest BCUT2D eigenvalue weighted by Crippen LogP contribution is 2.06. The molecule has 0 aromatic carbocycles. The van der Waals surface area contributed by atoms with Crippen molar-refractivity contribution >= 4 is 11.8 Å². The largest absolute Gasteiger partial charge is 0.390 e. The van der Waals surface area contributed by atoms with Gasteiger partial charge in [-0.15, -0.1) is 0 Å². The van der Waals surface area contributed by atoms with Crippen molar-refractivity contribution in [2.75, 3.05) is 24.7 Å². The third kappa shape index (κ3) is 10.5. The Bertz CT molecular complexity index is 136. The van der Waals surface area contributed by atoms with Crippen LogP contribution >= 0.6 is 11.8 Å². The van der Waals surface area contributed by atoms with Crippen molar-refractivity contribution in [3.63, 3.8) is 0 Å². The first kappa shape index (κ1) is 15.2. The van der Waals surface area contributed by atoms with E-state index >= 15 is 0 Å². The standard InChI is InChI=1S/C11H25NO2S/c1-3-5-6-14-7-11(13)9-15-8-10(12)4-2/h10-11,13H,3-9,12H2,1-2H3. The summed E-state index contributed by atoms with van der Waals surface area (Å²) < 4.78 is 5.33. The topological polar surface area (TPSA) is 55.5 Å². The van der Waals surface area contributed by atoms with E-state index in [1.165, 1.54) is 0 Å². The van der Waals surface area contributed by atoms with Gasteiger partial charge >= 0.3 is 0 Å². The minimum Gasteiger partial charge on any atom is -0.390 e. The van der Waals surface area contributed by atoms with E-state index < -0.39 is 0 Å². The van der Waals surface area contributed by atoms with Crippen LogP contribution in [0.25, 0.3) is 0 Å². The van der Waals surface area contributed by atoms with Crippen LogP contribution in [0.1, 0.15) is 33.1 Å². The van der Waals surface area contributed by atoms with Crippen molar-refractivity contribution in [2.24, 2.45) is 5.73 Å². The van der Waals surface area contributed by atoms with E-state index in [0.717, 1.165) is 37.4 Å². The molecule has 2 unspecified atom stereocenters. The average molecular weight is 235 g/mol. The van der Waals surface area contributed by atoms with Crippen LogP contribution < -0.4 is 5.73 Å². The molecule has 2 atom stereocenters. The van der Waals surface area contributed by atoms with Gasteiger partial charge in [0.05, 0.1) is 12.7 Å². The van der Waals surface area contributed by atoms with E-state index in [4.69, 9.17) is 10.5 Å². The lowest BCUT2D eigenvalue weighted by molar-refractivity contribution is 0.0473. The molecule has 0 amide bonds. The molecule has 0 aromatic heterocycles. The lowest BCUT2D eigenvalue weighted by Crippen LogP contribution is -2.24. The van der Waals surface area contributed by atoms with E-state index in [1.54, 1.807) is 11.8 Å². The van der Waals surface area contributed by atoms with Crippen molar-refractivity contribution in [1.82, 2.24) is 0 Å². The molecule has 0 saturated heterocycles. The van der Waals surface area contributed by atoms with Crippen molar-refractivity contribution in [3.05, 3.63) is 0 Å². The minimum absolute atomic E-state index is 0.253. The van der Waals surface area contributed by atoms with Gasteiger partial charge in [-0.1, -0.05) is 20.3 Å². The number of ether oxygens (including phenoxy) is 1. The monoisotopic (exact) mass is 235 g/mol. The highest BCUT2D eigenvalue weighted by Gasteiger charge is 2.06. The third-order valence-electron chi connectivity index (χ3n) is 2.12. The van der Waals surface area contributed by atoms with Gasteiger partial charge in [0.15, 0.2) is 0 Å². The van der Waals surface area contributed by atoms with Crippen molar-refractivity contribution in [3.8, 4) is 0 Å². The van der Waals surface area contributed by atoms with E-state index in [9.17, 15) is 5.11 Å². The number of unbranched alkanes of at least 4 members (excludes halogenated alkanes) is 1. The van der Waals surface area contributed by atoms with Crippen molar-refractivity contribution in [2.45, 2.75) is 45.3 Å². The molecule has 4 heteroatoms. The smallest absolute Gasteiger partial charge is 0.0863 e. The second kappa shape index (κ2) is 10.7. The van der Waals surface area contributed by atoms with Gasteiger partial charge in [0, 0.05) is 24.2 Å². The Kier molecular flexibility index (Phi) is 10.9. The fourth-order valence-corrected chi connectivity index (χ4v) is 2.03. The quantitative estimate of drug-likeness (QED) is 0.565. The summed E-state index contributed by atoms with van der Waals surface area (Å²) in [6.07, 6.45) is 2.85. The average Bonchev–Trinajstić information content (AvgIpc) is 2.24. The molecule has 0 fully saturated rings. The molecular formula is C11H25NO2S. The van der Waals surface area contributed by atoms with Crippen LogP contribution in [0.4, 0.5) is 0 Å². The molecule has 0 spiro atoms. The Labute approximate surface area is 97.8 Å². The molecule has 92 valence electrons. The Morgan fingerprint density at radius 3 is 2.67 bits per heavy atom. The SMILES string of the molecule is CCCCOCC(O)CSCC(N)CC. The third-order valence-corrected chi connectivity index (χ3v) is 3.40. The molecular weight excluding hydrogens is 210 g/mol. The summed E-state index contributed by atoms with van der Waals surface area (Å²) in [6.45, 7) is 5.42. The molecule has 15 heavy (non-hydrogen) atoms. The fourth-order valence-electron chi connectivity index (χ4n) is 0.987. The maximum absolute atomic E-state index is 9.55. The second-order valence-corrected chi connectivity index (χ2v) is 4.86. The van der Waals surface area contributed by atoms with E-state index in [1.807, 2.05) is 0 Å². The normalized spacial score (nSPS) is 15.2. The zero-order valence-corrected chi connectivity index (χ0v) is 10.8. The first-order valence-corrected chi connectivity index (χ1v) is 6.95. The minimum atomic E-state index is -0.351. The van der Waals surface area contributed by atoms with E-state index in [-0.39, 0.29) is 12.1 Å². The van der Waals surface area contributed by atoms with Crippen molar-refractivity contribution < 1.29 is 9.84 Å². The highest BCUT2D eigenvalue weighted by molar-refractivity contribution is 7.99. The Morgan fingerprint density at radius 2 is 2.07 bits per heavy atom. The van der Waals surface area contributed by atoms with Gasteiger partial charge in [0.1, 0.15) is 0 Å². The van der Waals surface area contributed by atoms with E-state index in [0.29, 0.717) is 6.61 Å². The maximum atomic E-state index is 9.55. The summed E-state index contributed by atoms with van der Waals surface area (Å²) in [4.78, 5) is 0. The van der Waals surface area contributed by atoms with E-state index in [2.05, 4.69) is 13.8 Å². The molecule has 0 aromatic rings. The van der Waals surface area contributed by atoms with Crippen LogP contribution in [-0.2, 0) is 4.74 Å². The maximum Gasteiger partial charge on any atom is 0.0863 e. The van der Waals surface area contributed by atoms with Crippen LogP contribution in [0.5, 0.6) is 0 Å². The summed E-state index contributed by atoms with van der Waals surface area (Å²) in [5.41, 5.74) is 5.77. The Hall–Kier alpha value is 0.230. The van der Waals surface area contributed by atoms with Crippen LogP contribution in [0.15, 0.2) is 0 Å². The predicted molar refractivity (Wildman–Crippen MR) is 67.3 cm³/mol. The predicted octanol–water partition coefficient (Wildman–Crippen LogP) is 1.63. The molecule has 0 aliphatic rings.